The SMILES string of the molecule is COC(=O)CNC(=O)c1csc(-c2cccc(Cl)c2)n1. The molecule has 0 radical (unpaired) electrons. The Morgan fingerprint density at radius 3 is 2.95 bits per heavy atom. The van der Waals surface area contributed by atoms with E-state index in [0.29, 0.717) is 10.0 Å². The lowest BCUT2D eigenvalue weighted by Crippen LogP contribution is -2.30. The Kier molecular flexibility index (Phi) is 4.70. The zero-order valence-electron chi connectivity index (χ0n) is 10.6. The second-order valence-corrected chi connectivity index (χ2v) is 5.10. The number of halogens is 1. The first-order valence-corrected chi connectivity index (χ1v) is 6.92. The van der Waals surface area contributed by atoms with Gasteiger partial charge in [0.2, 0.25) is 0 Å². The summed E-state index contributed by atoms with van der Waals surface area (Å²) in [5.41, 5.74) is 1.10. The van der Waals surface area contributed by atoms with E-state index in [1.54, 1.807) is 17.5 Å². The van der Waals surface area contributed by atoms with Crippen LogP contribution in [0.25, 0.3) is 10.6 Å². The van der Waals surface area contributed by atoms with E-state index < -0.39 is 11.9 Å². The highest BCUT2D eigenvalue weighted by Gasteiger charge is 2.13. The molecule has 0 aliphatic rings. The van der Waals surface area contributed by atoms with E-state index in [9.17, 15) is 9.59 Å². The molecular weight excluding hydrogens is 300 g/mol. The maximum atomic E-state index is 11.8. The number of carbonyl (C=O) groups is 2. The number of nitrogens with zero attached hydrogens (tertiary/aromatic N) is 1. The van der Waals surface area contributed by atoms with Crippen molar-refractivity contribution < 1.29 is 14.3 Å². The molecule has 0 spiro atoms. The van der Waals surface area contributed by atoms with E-state index in [-0.39, 0.29) is 12.2 Å². The Morgan fingerprint density at radius 2 is 2.25 bits per heavy atom. The third kappa shape index (κ3) is 3.55. The van der Waals surface area contributed by atoms with Gasteiger partial charge in [-0.15, -0.1) is 11.3 Å². The summed E-state index contributed by atoms with van der Waals surface area (Å²) in [6, 6.07) is 7.22. The maximum Gasteiger partial charge on any atom is 0.325 e. The molecule has 0 fully saturated rings. The Labute approximate surface area is 124 Å². The summed E-state index contributed by atoms with van der Waals surface area (Å²) in [6.45, 7) is -0.181. The molecule has 1 amide bonds. The van der Waals surface area contributed by atoms with Crippen molar-refractivity contribution in [2.75, 3.05) is 13.7 Å². The van der Waals surface area contributed by atoms with E-state index in [4.69, 9.17) is 11.6 Å². The molecule has 5 nitrogen and oxygen atoms in total. The van der Waals surface area contributed by atoms with Crippen molar-refractivity contribution in [1.82, 2.24) is 10.3 Å². The molecule has 1 heterocycles. The number of amides is 1. The topological polar surface area (TPSA) is 68.3 Å². The first-order chi connectivity index (χ1) is 9.60. The predicted molar refractivity (Wildman–Crippen MR) is 76.9 cm³/mol. The maximum absolute atomic E-state index is 11.8. The molecule has 0 atom stereocenters. The van der Waals surface area contributed by atoms with Crippen LogP contribution < -0.4 is 5.32 Å². The van der Waals surface area contributed by atoms with Gasteiger partial charge in [0.25, 0.3) is 5.91 Å². The standard InChI is InChI=1S/C13H11ClN2O3S/c1-19-11(17)6-15-12(18)10-7-20-13(16-10)8-3-2-4-9(14)5-8/h2-5,7H,6H2,1H3,(H,15,18). The first kappa shape index (κ1) is 14.5. The molecule has 0 aliphatic heterocycles. The molecule has 7 heteroatoms. The summed E-state index contributed by atoms with van der Waals surface area (Å²) in [4.78, 5) is 26.9. The number of hydrogen-bond donors (Lipinski definition) is 1. The monoisotopic (exact) mass is 310 g/mol. The highest BCUT2D eigenvalue weighted by atomic mass is 35.5. The minimum atomic E-state index is -0.511. The molecule has 0 aliphatic carbocycles. The largest absolute Gasteiger partial charge is 0.468 e. The highest BCUT2D eigenvalue weighted by molar-refractivity contribution is 7.13. The fraction of sp³-hybridized carbons (Fsp3) is 0.154. The third-order valence-electron chi connectivity index (χ3n) is 2.43. The Hall–Kier alpha value is -1.92. The van der Waals surface area contributed by atoms with Crippen LogP contribution in [0.1, 0.15) is 10.5 Å². The Morgan fingerprint density at radius 1 is 1.45 bits per heavy atom. The van der Waals surface area contributed by atoms with Crippen molar-refractivity contribution in [2.24, 2.45) is 0 Å². The summed E-state index contributed by atoms with van der Waals surface area (Å²) in [6.07, 6.45) is 0. The first-order valence-electron chi connectivity index (χ1n) is 5.66. The molecule has 104 valence electrons. The second-order valence-electron chi connectivity index (χ2n) is 3.81. The van der Waals surface area contributed by atoms with Gasteiger partial charge in [-0.25, -0.2) is 4.98 Å². The van der Waals surface area contributed by atoms with Gasteiger partial charge in [0.15, 0.2) is 0 Å². The Balaban J connectivity index is 2.09. The van der Waals surface area contributed by atoms with E-state index in [1.165, 1.54) is 18.4 Å². The van der Waals surface area contributed by atoms with Crippen molar-refractivity contribution in [3.05, 3.63) is 40.4 Å². The lowest BCUT2D eigenvalue weighted by molar-refractivity contribution is -0.139. The number of ether oxygens (including phenoxy) is 1. The Bertz CT molecular complexity index is 642. The molecular formula is C13H11ClN2O3S. The van der Waals surface area contributed by atoms with E-state index >= 15 is 0 Å². The van der Waals surface area contributed by atoms with E-state index in [1.807, 2.05) is 12.1 Å². The van der Waals surface area contributed by atoms with Crippen LogP contribution in [0.3, 0.4) is 0 Å². The van der Waals surface area contributed by atoms with Crippen LogP contribution in [-0.2, 0) is 9.53 Å². The van der Waals surface area contributed by atoms with Gasteiger partial charge in [-0.2, -0.15) is 0 Å². The van der Waals surface area contributed by atoms with E-state index in [0.717, 1.165) is 5.56 Å². The lowest BCUT2D eigenvalue weighted by Gasteiger charge is -2.00. The number of aromatic nitrogens is 1. The fourth-order valence-electron chi connectivity index (χ4n) is 1.45. The number of methoxy groups -OCH3 is 1. The average molecular weight is 311 g/mol. The molecule has 1 aromatic carbocycles. The number of thiazole rings is 1. The summed E-state index contributed by atoms with van der Waals surface area (Å²) >= 11 is 7.24. The highest BCUT2D eigenvalue weighted by Crippen LogP contribution is 2.25. The number of hydrogen-bond acceptors (Lipinski definition) is 5. The van der Waals surface area contributed by atoms with Gasteiger partial charge in [-0.05, 0) is 12.1 Å². The molecule has 0 bridgehead atoms. The summed E-state index contributed by atoms with van der Waals surface area (Å²) < 4.78 is 4.44. The number of carbonyl (C=O) groups excluding carboxylic acids is 2. The van der Waals surface area contributed by atoms with Crippen molar-refractivity contribution >= 4 is 34.8 Å². The molecule has 0 saturated carbocycles. The summed E-state index contributed by atoms with van der Waals surface area (Å²) in [5, 5.41) is 5.35. The molecule has 0 saturated heterocycles. The van der Waals surface area contributed by atoms with Crippen LogP contribution in [0.5, 0.6) is 0 Å². The van der Waals surface area contributed by atoms with Crippen molar-refractivity contribution in [1.29, 1.82) is 0 Å². The smallest absolute Gasteiger partial charge is 0.325 e. The normalized spacial score (nSPS) is 10.1. The molecule has 1 N–H and O–H groups in total. The number of nitrogens with one attached hydrogen (secondary N) is 1. The van der Waals surface area contributed by atoms with Crippen LogP contribution in [0, 0.1) is 0 Å². The third-order valence-corrected chi connectivity index (χ3v) is 3.56. The van der Waals surface area contributed by atoms with Gasteiger partial charge in [0.1, 0.15) is 17.2 Å². The average Bonchev–Trinajstić information content (AvgIpc) is 2.94. The minimum Gasteiger partial charge on any atom is -0.468 e. The van der Waals surface area contributed by atoms with Crippen LogP contribution in [0.4, 0.5) is 0 Å². The van der Waals surface area contributed by atoms with Gasteiger partial charge in [-0.3, -0.25) is 9.59 Å². The van der Waals surface area contributed by atoms with Crippen LogP contribution in [-0.4, -0.2) is 30.5 Å². The van der Waals surface area contributed by atoms with Crippen molar-refractivity contribution in [3.63, 3.8) is 0 Å². The van der Waals surface area contributed by atoms with Crippen LogP contribution in [0.15, 0.2) is 29.6 Å². The molecule has 20 heavy (non-hydrogen) atoms. The van der Waals surface area contributed by atoms with Gasteiger partial charge in [0.05, 0.1) is 7.11 Å². The van der Waals surface area contributed by atoms with Crippen LogP contribution in [0.2, 0.25) is 5.02 Å². The lowest BCUT2D eigenvalue weighted by atomic mass is 10.2. The van der Waals surface area contributed by atoms with Crippen LogP contribution >= 0.6 is 22.9 Å². The summed E-state index contributed by atoms with van der Waals surface area (Å²) in [7, 11) is 1.26. The zero-order valence-corrected chi connectivity index (χ0v) is 12.1. The number of benzene rings is 1. The van der Waals surface area contributed by atoms with Gasteiger partial charge >= 0.3 is 5.97 Å². The number of esters is 1. The molecule has 2 rings (SSSR count). The summed E-state index contributed by atoms with van der Waals surface area (Å²) in [5.74, 6) is -0.927. The number of rotatable bonds is 4. The van der Waals surface area contributed by atoms with Gasteiger partial charge in [0, 0.05) is 16.0 Å². The molecule has 0 unspecified atom stereocenters. The predicted octanol–water partition coefficient (Wildman–Crippen LogP) is 2.37. The van der Waals surface area contributed by atoms with Crippen molar-refractivity contribution in [2.45, 2.75) is 0 Å². The van der Waals surface area contributed by atoms with Crippen molar-refractivity contribution in [3.8, 4) is 10.6 Å². The van der Waals surface area contributed by atoms with Gasteiger partial charge in [-0.1, -0.05) is 23.7 Å². The second kappa shape index (κ2) is 6.49. The molecule has 2 aromatic rings. The fourth-order valence-corrected chi connectivity index (χ4v) is 2.43. The zero-order chi connectivity index (χ0) is 14.5. The quantitative estimate of drug-likeness (QED) is 0.880. The molecule has 1 aromatic heterocycles. The van der Waals surface area contributed by atoms with Gasteiger partial charge < -0.3 is 10.1 Å². The van der Waals surface area contributed by atoms with E-state index in [2.05, 4.69) is 15.0 Å². The minimum absolute atomic E-state index is 0.181.